The Morgan fingerprint density at radius 2 is 2.14 bits per heavy atom. The number of hydrogen-bond donors (Lipinski definition) is 2. The fraction of sp³-hybridized carbons (Fsp3) is 0.846. The van der Waals surface area contributed by atoms with Gasteiger partial charge in [0.1, 0.15) is 6.04 Å². The molecule has 2 amide bonds. The maximum absolute atomic E-state index is 12.8. The lowest BCUT2D eigenvalue weighted by molar-refractivity contribution is -0.141. The highest BCUT2D eigenvalue weighted by atomic mass is 32.2. The first-order valence-electron chi connectivity index (χ1n) is 7.09. The van der Waals surface area contributed by atoms with E-state index >= 15 is 0 Å². The minimum atomic E-state index is -0.979. The molecule has 2 aliphatic heterocycles. The van der Waals surface area contributed by atoms with Crippen LogP contribution in [-0.2, 0) is 9.53 Å². The Balaban J connectivity index is 2.21. The lowest BCUT2D eigenvalue weighted by Gasteiger charge is -2.40. The van der Waals surface area contributed by atoms with E-state index in [0.717, 1.165) is 0 Å². The second kappa shape index (κ2) is 6.85. The van der Waals surface area contributed by atoms with E-state index in [9.17, 15) is 19.8 Å². The Labute approximate surface area is 128 Å². The zero-order valence-electron chi connectivity index (χ0n) is 12.3. The van der Waals surface area contributed by atoms with Crippen LogP contribution < -0.4 is 0 Å². The highest BCUT2D eigenvalue weighted by Crippen LogP contribution is 2.35. The number of aliphatic hydroxyl groups is 1. The first kappa shape index (κ1) is 16.4. The van der Waals surface area contributed by atoms with Gasteiger partial charge in [-0.25, -0.2) is 9.59 Å². The van der Waals surface area contributed by atoms with Crippen LogP contribution in [0.1, 0.15) is 13.8 Å². The molecule has 0 aromatic rings. The van der Waals surface area contributed by atoms with E-state index in [4.69, 9.17) is 4.74 Å². The molecule has 0 spiro atoms. The number of aliphatic hydroxyl groups excluding tert-OH is 1. The summed E-state index contributed by atoms with van der Waals surface area (Å²) < 4.78 is 5.27. The summed E-state index contributed by atoms with van der Waals surface area (Å²) in [6.07, 6.45) is 0. The van der Waals surface area contributed by atoms with Gasteiger partial charge < -0.3 is 19.8 Å². The van der Waals surface area contributed by atoms with Gasteiger partial charge >= 0.3 is 12.0 Å². The minimum Gasteiger partial charge on any atom is -0.480 e. The number of urea groups is 1. The number of carbonyl (C=O) groups excluding carboxylic acids is 1. The first-order chi connectivity index (χ1) is 9.97. The quantitative estimate of drug-likeness (QED) is 0.777. The standard InChI is InChI=1S/C13H22N2O5S/c1-8(2)11-15(10(7-21-11)12(17)18)13(19)14-3-4-20-6-9(14)5-16/h8-11,16H,3-7H2,1-2H3,(H,17,18). The van der Waals surface area contributed by atoms with Crippen LogP contribution in [0.4, 0.5) is 4.79 Å². The lowest BCUT2D eigenvalue weighted by atomic mass is 10.1. The topological polar surface area (TPSA) is 90.3 Å². The number of carbonyl (C=O) groups is 2. The fourth-order valence-corrected chi connectivity index (χ4v) is 4.15. The van der Waals surface area contributed by atoms with Gasteiger partial charge in [0.05, 0.1) is 31.2 Å². The summed E-state index contributed by atoms with van der Waals surface area (Å²) >= 11 is 1.50. The number of hydrogen-bond acceptors (Lipinski definition) is 5. The molecule has 0 aromatic carbocycles. The zero-order chi connectivity index (χ0) is 15.6. The van der Waals surface area contributed by atoms with E-state index in [0.29, 0.717) is 18.9 Å². The predicted molar refractivity (Wildman–Crippen MR) is 78.1 cm³/mol. The van der Waals surface area contributed by atoms with Crippen LogP contribution >= 0.6 is 11.8 Å². The van der Waals surface area contributed by atoms with Crippen molar-refractivity contribution in [2.75, 3.05) is 32.1 Å². The highest BCUT2D eigenvalue weighted by molar-refractivity contribution is 8.00. The molecule has 2 N–H and O–H groups in total. The number of carboxylic acids is 1. The van der Waals surface area contributed by atoms with Gasteiger partial charge in [-0.3, -0.25) is 4.90 Å². The van der Waals surface area contributed by atoms with Gasteiger partial charge in [0.25, 0.3) is 0 Å². The van der Waals surface area contributed by atoms with E-state index in [2.05, 4.69) is 0 Å². The molecule has 7 nitrogen and oxygen atoms in total. The molecule has 3 atom stereocenters. The van der Waals surface area contributed by atoms with Crippen LogP contribution in [0, 0.1) is 5.92 Å². The van der Waals surface area contributed by atoms with Crippen LogP contribution in [0.25, 0.3) is 0 Å². The second-order valence-corrected chi connectivity index (χ2v) is 6.77. The minimum absolute atomic E-state index is 0.152. The summed E-state index contributed by atoms with van der Waals surface area (Å²) in [7, 11) is 0. The Morgan fingerprint density at radius 1 is 1.43 bits per heavy atom. The molecule has 2 saturated heterocycles. The Kier molecular flexibility index (Phi) is 5.34. The molecule has 2 aliphatic rings. The Bertz CT molecular complexity index is 406. The Hall–Kier alpha value is -0.990. The third-order valence-corrected chi connectivity index (χ3v) is 5.42. The summed E-state index contributed by atoms with van der Waals surface area (Å²) in [6.45, 7) is 4.84. The van der Waals surface area contributed by atoms with Crippen LogP contribution in [0.2, 0.25) is 0 Å². The molecule has 0 bridgehead atoms. The zero-order valence-corrected chi connectivity index (χ0v) is 13.1. The molecule has 0 aliphatic carbocycles. The van der Waals surface area contributed by atoms with Crippen molar-refractivity contribution in [1.29, 1.82) is 0 Å². The molecular formula is C13H22N2O5S. The van der Waals surface area contributed by atoms with Crippen molar-refractivity contribution in [3.63, 3.8) is 0 Å². The average Bonchev–Trinajstić information content (AvgIpc) is 2.91. The number of morpholine rings is 1. The monoisotopic (exact) mass is 318 g/mol. The van der Waals surface area contributed by atoms with Gasteiger partial charge in [-0.2, -0.15) is 0 Å². The molecule has 0 radical (unpaired) electrons. The van der Waals surface area contributed by atoms with Crippen molar-refractivity contribution >= 4 is 23.8 Å². The van der Waals surface area contributed by atoms with Crippen molar-refractivity contribution in [3.05, 3.63) is 0 Å². The van der Waals surface area contributed by atoms with E-state index in [1.165, 1.54) is 16.7 Å². The maximum atomic E-state index is 12.8. The van der Waals surface area contributed by atoms with Crippen molar-refractivity contribution < 1.29 is 24.5 Å². The van der Waals surface area contributed by atoms with Gasteiger partial charge in [0.15, 0.2) is 0 Å². The molecule has 2 heterocycles. The molecule has 3 unspecified atom stereocenters. The number of carboxylic acid groups (broad SMARTS) is 1. The molecule has 8 heteroatoms. The molecule has 2 rings (SSSR count). The summed E-state index contributed by atoms with van der Waals surface area (Å²) in [5.74, 6) is -0.414. The van der Waals surface area contributed by atoms with Crippen molar-refractivity contribution in [1.82, 2.24) is 9.80 Å². The van der Waals surface area contributed by atoms with E-state index < -0.39 is 18.1 Å². The van der Waals surface area contributed by atoms with E-state index in [1.807, 2.05) is 13.8 Å². The van der Waals surface area contributed by atoms with Gasteiger partial charge in [-0.1, -0.05) is 13.8 Å². The Morgan fingerprint density at radius 3 is 2.71 bits per heavy atom. The number of nitrogens with zero attached hydrogens (tertiary/aromatic N) is 2. The first-order valence-corrected chi connectivity index (χ1v) is 8.14. The van der Waals surface area contributed by atoms with Gasteiger partial charge in [0.2, 0.25) is 0 Å². The van der Waals surface area contributed by atoms with Gasteiger partial charge in [-0.05, 0) is 5.92 Å². The fourth-order valence-electron chi connectivity index (χ4n) is 2.68. The summed E-state index contributed by atoms with van der Waals surface area (Å²) in [6, 6.07) is -1.52. The SMILES string of the molecule is CC(C)C1SCC(C(=O)O)N1C(=O)N1CCOCC1CO. The molecule has 21 heavy (non-hydrogen) atoms. The van der Waals surface area contributed by atoms with Crippen LogP contribution in [0.3, 0.4) is 0 Å². The predicted octanol–water partition coefficient (Wildman–Crippen LogP) is 0.284. The normalized spacial score (nSPS) is 30.0. The van der Waals surface area contributed by atoms with E-state index in [-0.39, 0.29) is 30.5 Å². The molecular weight excluding hydrogens is 296 g/mol. The highest BCUT2D eigenvalue weighted by Gasteiger charge is 2.45. The number of rotatable bonds is 3. The number of thioether (sulfide) groups is 1. The van der Waals surface area contributed by atoms with E-state index in [1.54, 1.807) is 4.90 Å². The third kappa shape index (κ3) is 3.27. The van der Waals surface area contributed by atoms with Gasteiger partial charge in [-0.15, -0.1) is 11.8 Å². The summed E-state index contributed by atoms with van der Waals surface area (Å²) in [5.41, 5.74) is 0. The number of ether oxygens (including phenoxy) is 1. The molecule has 120 valence electrons. The second-order valence-electron chi connectivity index (χ2n) is 5.62. The molecule has 0 aromatic heterocycles. The van der Waals surface area contributed by atoms with Gasteiger partial charge in [0, 0.05) is 12.3 Å². The number of aliphatic carboxylic acids is 1. The summed E-state index contributed by atoms with van der Waals surface area (Å²) in [4.78, 5) is 27.2. The molecule has 0 saturated carbocycles. The smallest absolute Gasteiger partial charge is 0.327 e. The van der Waals surface area contributed by atoms with Crippen molar-refractivity contribution in [2.45, 2.75) is 31.3 Å². The molecule has 2 fully saturated rings. The largest absolute Gasteiger partial charge is 0.480 e. The summed E-state index contributed by atoms with van der Waals surface area (Å²) in [5, 5.41) is 18.6. The third-order valence-electron chi connectivity index (χ3n) is 3.80. The van der Waals surface area contributed by atoms with Crippen LogP contribution in [0.5, 0.6) is 0 Å². The van der Waals surface area contributed by atoms with Crippen molar-refractivity contribution in [2.24, 2.45) is 5.92 Å². The number of amides is 2. The lowest BCUT2D eigenvalue weighted by Crippen LogP contribution is -2.59. The average molecular weight is 318 g/mol. The van der Waals surface area contributed by atoms with Crippen LogP contribution in [0.15, 0.2) is 0 Å². The van der Waals surface area contributed by atoms with Crippen LogP contribution in [-0.4, -0.2) is 81.6 Å². The maximum Gasteiger partial charge on any atom is 0.327 e. The van der Waals surface area contributed by atoms with Crippen molar-refractivity contribution in [3.8, 4) is 0 Å².